The first-order chi connectivity index (χ1) is 13.1. The lowest BCUT2D eigenvalue weighted by atomic mass is 10.1. The summed E-state index contributed by atoms with van der Waals surface area (Å²) in [4.78, 5) is 12.1. The number of hydrogen-bond acceptors (Lipinski definition) is 3. The maximum Gasteiger partial charge on any atom is 0.244 e. The average molecular weight is 363 g/mol. The van der Waals surface area contributed by atoms with Crippen LogP contribution in [0.3, 0.4) is 0 Å². The number of fused-ring (bicyclic) bond motifs is 1. The van der Waals surface area contributed by atoms with Crippen molar-refractivity contribution in [1.82, 2.24) is 9.99 Å². The first-order valence-corrected chi connectivity index (χ1v) is 9.21. The molecule has 0 radical (unpaired) electrons. The van der Waals surface area contributed by atoms with Gasteiger partial charge in [0.25, 0.3) is 0 Å². The molecule has 3 aromatic rings. The molecule has 0 aliphatic rings. The van der Waals surface area contributed by atoms with Crippen LogP contribution < -0.4 is 10.2 Å². The molecule has 1 N–H and O–H groups in total. The van der Waals surface area contributed by atoms with Gasteiger partial charge in [0.15, 0.2) is 0 Å². The molecule has 1 heterocycles. The first-order valence-electron chi connectivity index (χ1n) is 9.21. The molecular formula is C22H25N3O2. The third kappa shape index (κ3) is 4.56. The zero-order chi connectivity index (χ0) is 19.2. The van der Waals surface area contributed by atoms with Gasteiger partial charge in [0.1, 0.15) is 5.75 Å². The number of amides is 1. The molecule has 5 heteroatoms. The summed E-state index contributed by atoms with van der Waals surface area (Å²) >= 11 is 0. The summed E-state index contributed by atoms with van der Waals surface area (Å²) in [5.41, 5.74) is 5.68. The van der Waals surface area contributed by atoms with E-state index in [-0.39, 0.29) is 12.3 Å². The third-order valence-electron chi connectivity index (χ3n) is 4.32. The van der Waals surface area contributed by atoms with Crippen LogP contribution in [0.1, 0.15) is 37.9 Å². The molecule has 0 aliphatic carbocycles. The van der Waals surface area contributed by atoms with Crippen molar-refractivity contribution in [2.24, 2.45) is 5.10 Å². The molecule has 140 valence electrons. The quantitative estimate of drug-likeness (QED) is 0.502. The summed E-state index contributed by atoms with van der Waals surface area (Å²) in [5.74, 6) is 0.657. The minimum absolute atomic E-state index is 0.150. The predicted octanol–water partition coefficient (Wildman–Crippen LogP) is 4.31. The highest BCUT2D eigenvalue weighted by atomic mass is 16.5. The SMILES string of the molecule is CCOc1ccc(CC(=O)N/N=C\c2cn(C(C)C)c3ccccc23)cc1. The van der Waals surface area contributed by atoms with Gasteiger partial charge in [0.05, 0.1) is 19.2 Å². The van der Waals surface area contributed by atoms with Gasteiger partial charge in [0, 0.05) is 28.7 Å². The number of carbonyl (C=O) groups excluding carboxylic acids is 1. The number of nitrogens with zero attached hydrogens (tertiary/aromatic N) is 2. The number of rotatable bonds is 7. The van der Waals surface area contributed by atoms with Crippen molar-refractivity contribution in [2.75, 3.05) is 6.61 Å². The van der Waals surface area contributed by atoms with E-state index in [1.165, 1.54) is 0 Å². The smallest absolute Gasteiger partial charge is 0.244 e. The Labute approximate surface area is 159 Å². The van der Waals surface area contributed by atoms with Crippen molar-refractivity contribution < 1.29 is 9.53 Å². The van der Waals surface area contributed by atoms with Crippen molar-refractivity contribution in [3.05, 3.63) is 65.9 Å². The highest BCUT2D eigenvalue weighted by Crippen LogP contribution is 2.23. The number of para-hydroxylation sites is 1. The van der Waals surface area contributed by atoms with E-state index in [4.69, 9.17) is 4.74 Å². The van der Waals surface area contributed by atoms with Crippen LogP contribution in [0.2, 0.25) is 0 Å². The maximum atomic E-state index is 12.1. The summed E-state index contributed by atoms with van der Waals surface area (Å²) in [6.07, 6.45) is 4.05. The van der Waals surface area contributed by atoms with Gasteiger partial charge in [-0.05, 0) is 44.5 Å². The van der Waals surface area contributed by atoms with Crippen LogP contribution >= 0.6 is 0 Å². The molecule has 0 unspecified atom stereocenters. The van der Waals surface area contributed by atoms with Crippen LogP contribution in [0.25, 0.3) is 10.9 Å². The van der Waals surface area contributed by atoms with E-state index in [9.17, 15) is 4.79 Å². The molecule has 0 fully saturated rings. The molecule has 0 spiro atoms. The fourth-order valence-corrected chi connectivity index (χ4v) is 3.03. The summed E-state index contributed by atoms with van der Waals surface area (Å²) < 4.78 is 7.61. The fourth-order valence-electron chi connectivity index (χ4n) is 3.03. The van der Waals surface area contributed by atoms with Crippen molar-refractivity contribution >= 4 is 23.0 Å². The Morgan fingerprint density at radius 1 is 1.19 bits per heavy atom. The molecule has 0 saturated carbocycles. The second-order valence-corrected chi connectivity index (χ2v) is 6.65. The molecule has 1 aromatic heterocycles. The average Bonchev–Trinajstić information content (AvgIpc) is 3.03. The van der Waals surface area contributed by atoms with E-state index in [0.29, 0.717) is 12.6 Å². The molecule has 1 amide bonds. The van der Waals surface area contributed by atoms with Crippen molar-refractivity contribution in [3.8, 4) is 5.75 Å². The third-order valence-corrected chi connectivity index (χ3v) is 4.32. The second kappa shape index (κ2) is 8.54. The van der Waals surface area contributed by atoms with E-state index >= 15 is 0 Å². The number of benzene rings is 2. The van der Waals surface area contributed by atoms with Crippen LogP contribution in [0.15, 0.2) is 59.8 Å². The van der Waals surface area contributed by atoms with Gasteiger partial charge in [0.2, 0.25) is 5.91 Å². The topological polar surface area (TPSA) is 55.6 Å². The van der Waals surface area contributed by atoms with Gasteiger partial charge in [-0.3, -0.25) is 4.79 Å². The van der Waals surface area contributed by atoms with E-state index in [0.717, 1.165) is 27.8 Å². The standard InChI is InChI=1S/C22H25N3O2/c1-4-27-19-11-9-17(10-12-19)13-22(26)24-23-14-18-15-25(16(2)3)21-8-6-5-7-20(18)21/h5-12,14-16H,4,13H2,1-3H3,(H,24,26)/b23-14-. The van der Waals surface area contributed by atoms with Crippen LogP contribution in [-0.4, -0.2) is 23.3 Å². The Morgan fingerprint density at radius 3 is 2.63 bits per heavy atom. The molecule has 0 bridgehead atoms. The maximum absolute atomic E-state index is 12.1. The first kappa shape index (κ1) is 18.7. The zero-order valence-corrected chi connectivity index (χ0v) is 16.0. The summed E-state index contributed by atoms with van der Waals surface area (Å²) in [5, 5.41) is 5.27. The number of carbonyl (C=O) groups is 1. The van der Waals surface area contributed by atoms with Gasteiger partial charge >= 0.3 is 0 Å². The number of hydrazone groups is 1. The van der Waals surface area contributed by atoms with Crippen LogP contribution in [0.4, 0.5) is 0 Å². The lowest BCUT2D eigenvalue weighted by Crippen LogP contribution is -2.19. The lowest BCUT2D eigenvalue weighted by molar-refractivity contribution is -0.120. The van der Waals surface area contributed by atoms with Gasteiger partial charge in [-0.1, -0.05) is 30.3 Å². The summed E-state index contributed by atoms with van der Waals surface area (Å²) in [6.45, 7) is 6.86. The van der Waals surface area contributed by atoms with Crippen molar-refractivity contribution in [1.29, 1.82) is 0 Å². The van der Waals surface area contributed by atoms with Crippen LogP contribution in [-0.2, 0) is 11.2 Å². The minimum atomic E-state index is -0.150. The molecule has 5 nitrogen and oxygen atoms in total. The van der Waals surface area contributed by atoms with Gasteiger partial charge in [-0.15, -0.1) is 0 Å². The highest BCUT2D eigenvalue weighted by molar-refractivity contribution is 5.99. The predicted molar refractivity (Wildman–Crippen MR) is 109 cm³/mol. The second-order valence-electron chi connectivity index (χ2n) is 6.65. The molecule has 0 aliphatic heterocycles. The number of aromatic nitrogens is 1. The molecule has 0 saturated heterocycles. The molecule has 27 heavy (non-hydrogen) atoms. The van der Waals surface area contributed by atoms with Crippen molar-refractivity contribution in [2.45, 2.75) is 33.2 Å². The minimum Gasteiger partial charge on any atom is -0.494 e. The lowest BCUT2D eigenvalue weighted by Gasteiger charge is -2.08. The Hall–Kier alpha value is -3.08. The van der Waals surface area contributed by atoms with Gasteiger partial charge in [-0.2, -0.15) is 5.10 Å². The molecule has 2 aromatic carbocycles. The molecule has 3 rings (SSSR count). The zero-order valence-electron chi connectivity index (χ0n) is 16.0. The van der Waals surface area contributed by atoms with Crippen molar-refractivity contribution in [3.63, 3.8) is 0 Å². The van der Waals surface area contributed by atoms with E-state index in [1.807, 2.05) is 43.3 Å². The Kier molecular flexibility index (Phi) is 5.91. The molecule has 0 atom stereocenters. The van der Waals surface area contributed by atoms with E-state index in [2.05, 4.69) is 47.3 Å². The van der Waals surface area contributed by atoms with Gasteiger partial charge < -0.3 is 9.30 Å². The van der Waals surface area contributed by atoms with Crippen LogP contribution in [0.5, 0.6) is 5.75 Å². The van der Waals surface area contributed by atoms with E-state index < -0.39 is 0 Å². The largest absolute Gasteiger partial charge is 0.494 e. The monoisotopic (exact) mass is 363 g/mol. The Morgan fingerprint density at radius 2 is 1.93 bits per heavy atom. The summed E-state index contributed by atoms with van der Waals surface area (Å²) in [7, 11) is 0. The highest BCUT2D eigenvalue weighted by Gasteiger charge is 2.09. The Bertz CT molecular complexity index is 940. The normalized spacial score (nSPS) is 11.4. The fraction of sp³-hybridized carbons (Fsp3) is 0.273. The summed E-state index contributed by atoms with van der Waals surface area (Å²) in [6, 6.07) is 16.1. The number of nitrogens with one attached hydrogen (secondary N) is 1. The molecular weight excluding hydrogens is 338 g/mol. The van der Waals surface area contributed by atoms with Crippen LogP contribution in [0, 0.1) is 0 Å². The van der Waals surface area contributed by atoms with E-state index in [1.54, 1.807) is 6.21 Å². The number of ether oxygens (including phenoxy) is 1. The van der Waals surface area contributed by atoms with Gasteiger partial charge in [-0.25, -0.2) is 5.43 Å². The Balaban J connectivity index is 1.65. The number of hydrogen-bond donors (Lipinski definition) is 1.